The van der Waals surface area contributed by atoms with Gasteiger partial charge in [0.25, 0.3) is 0 Å². The van der Waals surface area contributed by atoms with E-state index >= 15 is 0 Å². The molecule has 0 bridgehead atoms. The van der Waals surface area contributed by atoms with E-state index in [9.17, 15) is 47.1 Å². The largest absolute Gasteiger partial charge is 0.433 e. The smallest absolute Gasteiger partial charge is 0.394 e. The molecule has 7 saturated carbocycles. The maximum Gasteiger partial charge on any atom is 0.394 e. The first-order chi connectivity index (χ1) is 66.9. The number of halogens is 2. The quantitative estimate of drug-likeness (QED) is 0.0147. The van der Waals surface area contributed by atoms with Crippen LogP contribution in [0, 0.1) is 18.3 Å². The predicted octanol–water partition coefficient (Wildman–Crippen LogP) is 29.1. The second-order valence-electron chi connectivity index (χ2n) is 40.1. The van der Waals surface area contributed by atoms with Crippen molar-refractivity contribution < 1.29 is 51.9 Å². The number of aryl methyl sites for hydroxylation is 1. The van der Waals surface area contributed by atoms with Gasteiger partial charge in [-0.05, 0) is 276 Å². The summed E-state index contributed by atoms with van der Waals surface area (Å²) in [5.41, 5.74) is 12.3. The molecule has 14 N–H and O–H groups in total. The van der Waals surface area contributed by atoms with Crippen LogP contribution in [0.4, 0.5) is 82.2 Å². The first-order valence-corrected chi connectivity index (χ1v) is 52.1. The highest BCUT2D eigenvalue weighted by Crippen LogP contribution is 2.30. The van der Waals surface area contributed by atoms with Gasteiger partial charge >= 0.3 is 48.3 Å². The molecule has 7 aliphatic carbocycles. The number of urea groups is 7. The van der Waals surface area contributed by atoms with Crippen molar-refractivity contribution in [3.05, 3.63) is 203 Å². The number of nitrogens with one attached hydrogen (secondary N) is 14. The number of unbranched alkanes of at least 4 members (excludes halogenated alkanes) is 3. The summed E-state index contributed by atoms with van der Waals surface area (Å²) in [4.78, 5) is 94.2. The number of amides is 14. The van der Waals surface area contributed by atoms with Gasteiger partial charge in [-0.2, -0.15) is 8.78 Å². The number of alkyl halides is 2. The number of carbonyl (C=O) groups excluding carboxylic acids is 8. The zero-order valence-electron chi connectivity index (χ0n) is 84.9. The molecule has 0 heterocycles. The van der Waals surface area contributed by atoms with Crippen LogP contribution in [0.3, 0.4) is 0 Å². The fraction of sp³-hybridized carbons (Fsp3) is 0.544. The van der Waals surface area contributed by atoms with E-state index in [0.29, 0.717) is 71.8 Å². The van der Waals surface area contributed by atoms with Crippen LogP contribution in [0.25, 0.3) is 0 Å². The van der Waals surface area contributed by atoms with Crippen LogP contribution in [-0.4, -0.2) is 96.9 Å². The van der Waals surface area contributed by atoms with Gasteiger partial charge < -0.3 is 79.2 Å². The molecule has 7 aromatic carbocycles. The van der Waals surface area contributed by atoms with Crippen LogP contribution in [0.2, 0.25) is 0 Å². The average molecular weight is 1910 g/mol. The van der Waals surface area contributed by atoms with Gasteiger partial charge in [-0.3, -0.25) is 4.79 Å². The van der Waals surface area contributed by atoms with Crippen LogP contribution < -0.4 is 79.2 Å². The Bertz CT molecular complexity index is 4750. The van der Waals surface area contributed by atoms with Crippen molar-refractivity contribution in [2.24, 2.45) is 5.92 Å². The summed E-state index contributed by atoms with van der Waals surface area (Å²) in [6.07, 6.45) is 50.0. The highest BCUT2D eigenvalue weighted by molar-refractivity contribution is 5.96. The monoisotopic (exact) mass is 1910 g/mol. The highest BCUT2D eigenvalue weighted by atomic mass is 19.3. The SMILES string of the molecule is C#Cc1ccc(NC(=O)NC2CCCCC2)cc1.CC(=O)c1ccc(NC(=O)NC2CCCCC2)cc1.CC(C)(C)c1ccc(NC(=O)NC2CCCCC2)cc1.CC(C)c1ccc(NC(=O)NC2CCCCC2)cc1.CC(C)c1ccc(NC(=O)NCC2CCCCC2)cc1.CC(F)(F)Oc1ccc(NC(=O)NC2CCCCC2)cc1.CCCCCCc1ccc(NC(=O)NC2CCCCC2)cc1. The fourth-order valence-electron chi connectivity index (χ4n) is 18.1. The predicted molar refractivity (Wildman–Crippen MR) is 567 cm³/mol. The molecule has 758 valence electrons. The number of Topliss-reactive ketones (excluding diaryl/α,β-unsaturated/α-hetero) is 1. The zero-order chi connectivity index (χ0) is 100. The fourth-order valence-corrected chi connectivity index (χ4v) is 18.1. The van der Waals surface area contributed by atoms with Crippen molar-refractivity contribution in [3.63, 3.8) is 0 Å². The molecule has 7 aliphatic rings. The Morgan fingerprint density at radius 2 is 0.612 bits per heavy atom. The summed E-state index contributed by atoms with van der Waals surface area (Å²) in [7, 11) is 0. The molecule has 14 rings (SSSR count). The lowest BCUT2D eigenvalue weighted by Gasteiger charge is -2.23. The van der Waals surface area contributed by atoms with E-state index in [1.54, 1.807) is 24.3 Å². The van der Waals surface area contributed by atoms with Gasteiger partial charge in [-0.1, -0.05) is 264 Å². The molecular formula is C114H164F2N14O9. The molecule has 0 aliphatic heterocycles. The van der Waals surface area contributed by atoms with Gasteiger partial charge in [0, 0.05) is 101 Å². The molecule has 0 unspecified atom stereocenters. The van der Waals surface area contributed by atoms with Gasteiger partial charge in [0.2, 0.25) is 0 Å². The molecule has 14 amide bonds. The van der Waals surface area contributed by atoms with E-state index in [0.717, 1.165) is 137 Å². The number of hydrogen-bond acceptors (Lipinski definition) is 9. The lowest BCUT2D eigenvalue weighted by atomic mass is 9.87. The van der Waals surface area contributed by atoms with Crippen molar-refractivity contribution in [1.82, 2.24) is 37.2 Å². The van der Waals surface area contributed by atoms with Crippen LogP contribution in [0.15, 0.2) is 170 Å². The standard InChI is InChI=1S/C19H30N2O.2C17H26N2O.C16H24N2O.C15H20F2N2O2.C15H20N2O2.C15H18N2O/c1-2-3-4-6-9-16-12-14-18(15-13-16)21-19(22)20-17-10-7-5-8-11-17;1-17(2,3)13-9-11-15(12-10-13)19-16(20)18-14-7-5-4-6-8-14;1-13(2)15-8-10-16(11-9-15)19-17(20)18-12-14-6-4-3-5-7-14;1-12(2)13-8-10-15(11-9-13)18-16(19)17-14-6-4-3-5-7-14;1-15(16,17)21-13-9-7-12(8-10-13)19-14(20)18-11-5-3-2-4-6-11;1-11(18)12-7-9-14(10-8-12)17-15(19)16-13-5-3-2-4-6-13;1-2-12-8-10-14(11-9-12)17-15(18)16-13-6-4-3-5-7-13/h12-15,17H,2-11H2,1H3,(H2,20,21,22);9-12,14H,4-8H2,1-3H3,(H2,18,19,20);8-11,13-14H,3-7,12H2,1-2H3,(H2,18,19,20);8-12,14H,3-7H2,1-2H3,(H2,17,18,19);7-11H,2-6H2,1H3,(H2,18,19,20);7-10,13H,2-6H2,1H3,(H2,16,17,19);1,8-11,13H,3-7H2,(H2,16,17,18). The number of benzene rings is 7. The molecule has 0 spiro atoms. The minimum Gasteiger partial charge on any atom is -0.433 e. The third kappa shape index (κ3) is 47.7. The van der Waals surface area contributed by atoms with Gasteiger partial charge in [-0.25, -0.2) is 33.6 Å². The molecule has 7 aromatic rings. The summed E-state index contributed by atoms with van der Waals surface area (Å²) in [5.74, 6) is 4.33. The molecule has 0 saturated heterocycles. The molecule has 0 aromatic heterocycles. The Balaban J connectivity index is 0.000000199. The Morgan fingerprint density at radius 1 is 0.345 bits per heavy atom. The first kappa shape index (κ1) is 113. The number of terminal acetylenes is 1. The highest BCUT2D eigenvalue weighted by Gasteiger charge is 2.26. The van der Waals surface area contributed by atoms with E-state index in [1.807, 2.05) is 72.8 Å². The van der Waals surface area contributed by atoms with Gasteiger partial charge in [-0.15, -0.1) is 6.42 Å². The molecular weight excluding hydrogens is 1750 g/mol. The van der Waals surface area contributed by atoms with Crippen LogP contribution in [0.1, 0.15) is 370 Å². The minimum atomic E-state index is -3.21. The molecule has 7 fully saturated rings. The average Bonchev–Trinajstić information content (AvgIpc) is 0.849. The van der Waals surface area contributed by atoms with E-state index in [2.05, 4.69) is 189 Å². The van der Waals surface area contributed by atoms with E-state index in [-0.39, 0.29) is 65.2 Å². The second-order valence-corrected chi connectivity index (χ2v) is 40.1. The number of rotatable bonds is 25. The van der Waals surface area contributed by atoms with E-state index in [4.69, 9.17) is 6.42 Å². The Kier molecular flexibility index (Phi) is 50.5. The second kappa shape index (κ2) is 62.4. The number of ketones is 1. The van der Waals surface area contributed by atoms with Crippen LogP contribution >= 0.6 is 0 Å². The number of ether oxygens (including phenoxy) is 1. The third-order valence-electron chi connectivity index (χ3n) is 26.4. The summed E-state index contributed by atoms with van der Waals surface area (Å²) < 4.78 is 29.8. The van der Waals surface area contributed by atoms with Crippen molar-refractivity contribution in [2.75, 3.05) is 43.8 Å². The normalized spacial score (nSPS) is 16.1. The summed E-state index contributed by atoms with van der Waals surface area (Å²) >= 11 is 0. The summed E-state index contributed by atoms with van der Waals surface area (Å²) in [5, 5.41) is 41.1. The molecule has 0 radical (unpaired) electrons. The first-order valence-electron chi connectivity index (χ1n) is 52.1. The summed E-state index contributed by atoms with van der Waals surface area (Å²) in [6.45, 7) is 20.5. The summed E-state index contributed by atoms with van der Waals surface area (Å²) in [6, 6.07) is 53.6. The number of hydrogen-bond donors (Lipinski definition) is 14. The maximum atomic E-state index is 12.7. The Morgan fingerprint density at radius 3 is 0.885 bits per heavy atom. The number of carbonyl (C=O) groups is 8. The number of anilines is 7. The van der Waals surface area contributed by atoms with Crippen LogP contribution in [-0.2, 0) is 11.8 Å². The van der Waals surface area contributed by atoms with Crippen LogP contribution in [0.5, 0.6) is 5.75 Å². The Labute approximate surface area is 828 Å². The lowest BCUT2D eigenvalue weighted by molar-refractivity contribution is -0.158. The topological polar surface area (TPSA) is 314 Å². The Hall–Kier alpha value is -11.7. The van der Waals surface area contributed by atoms with Crippen molar-refractivity contribution >= 4 is 87.8 Å². The molecule has 23 nitrogen and oxygen atoms in total. The molecule has 25 heteroatoms. The van der Waals surface area contributed by atoms with Crippen molar-refractivity contribution in [1.29, 1.82) is 0 Å². The van der Waals surface area contributed by atoms with E-state index < -0.39 is 6.11 Å². The van der Waals surface area contributed by atoms with Gasteiger partial charge in [0.05, 0.1) is 0 Å². The van der Waals surface area contributed by atoms with Gasteiger partial charge in [0.15, 0.2) is 5.78 Å². The lowest BCUT2D eigenvalue weighted by Crippen LogP contribution is -2.39. The maximum absolute atomic E-state index is 12.7. The van der Waals surface area contributed by atoms with Crippen molar-refractivity contribution in [3.8, 4) is 18.1 Å². The van der Waals surface area contributed by atoms with Gasteiger partial charge in [0.1, 0.15) is 5.75 Å². The molecule has 0 atom stereocenters. The zero-order valence-corrected chi connectivity index (χ0v) is 84.9. The molecule has 139 heavy (non-hydrogen) atoms. The minimum absolute atomic E-state index is 0.0261. The third-order valence-corrected chi connectivity index (χ3v) is 26.4. The van der Waals surface area contributed by atoms with E-state index in [1.165, 1.54) is 214 Å². The van der Waals surface area contributed by atoms with Crippen molar-refractivity contribution in [2.45, 2.75) is 386 Å².